The predicted octanol–water partition coefficient (Wildman–Crippen LogP) is 3.28. The average Bonchev–Trinajstić information content (AvgIpc) is 2.93. The molecule has 0 aliphatic carbocycles. The van der Waals surface area contributed by atoms with E-state index >= 15 is 0 Å². The summed E-state index contributed by atoms with van der Waals surface area (Å²) in [5.41, 5.74) is 5.49. The van der Waals surface area contributed by atoms with Gasteiger partial charge in [0.15, 0.2) is 10.6 Å². The normalized spacial score (nSPS) is 11.2. The van der Waals surface area contributed by atoms with Crippen molar-refractivity contribution in [3.63, 3.8) is 0 Å². The van der Waals surface area contributed by atoms with Crippen LogP contribution in [-0.4, -0.2) is 19.7 Å². The van der Waals surface area contributed by atoms with Crippen LogP contribution in [0.3, 0.4) is 0 Å². The molecule has 0 saturated heterocycles. The lowest BCUT2D eigenvalue weighted by Crippen LogP contribution is -2.25. The third kappa shape index (κ3) is 2.57. The molecule has 1 aromatic carbocycles. The molecule has 0 aliphatic rings. The largest absolute Gasteiger partial charge is 0.292 e. The van der Waals surface area contributed by atoms with Crippen LogP contribution in [0.1, 0.15) is 38.3 Å². The molecule has 0 spiro atoms. The SMILES string of the molecule is Cc1cc(C(=O)Cn2cnc3snc(C)c3c2=O)c(C)c(C)c1C. The summed E-state index contributed by atoms with van der Waals surface area (Å²) in [6.07, 6.45) is 1.43. The zero-order valence-electron chi connectivity index (χ0n) is 14.4. The van der Waals surface area contributed by atoms with Crippen LogP contribution >= 0.6 is 11.5 Å². The quantitative estimate of drug-likeness (QED) is 0.686. The first-order valence-electron chi connectivity index (χ1n) is 7.73. The number of carbonyl (C=O) groups excluding carboxylic acids is 1. The summed E-state index contributed by atoms with van der Waals surface area (Å²) in [6, 6.07) is 1.91. The summed E-state index contributed by atoms with van der Waals surface area (Å²) in [5, 5.41) is 0.503. The number of rotatable bonds is 3. The van der Waals surface area contributed by atoms with Crippen molar-refractivity contribution >= 4 is 27.5 Å². The van der Waals surface area contributed by atoms with E-state index in [1.54, 1.807) is 6.92 Å². The highest BCUT2D eigenvalue weighted by atomic mass is 32.1. The molecule has 3 aromatic rings. The lowest BCUT2D eigenvalue weighted by Gasteiger charge is -2.14. The topological polar surface area (TPSA) is 64.8 Å². The van der Waals surface area contributed by atoms with Gasteiger partial charge in [-0.3, -0.25) is 14.2 Å². The van der Waals surface area contributed by atoms with Crippen molar-refractivity contribution < 1.29 is 4.79 Å². The van der Waals surface area contributed by atoms with Crippen molar-refractivity contribution in [2.24, 2.45) is 0 Å². The van der Waals surface area contributed by atoms with Gasteiger partial charge in [-0.15, -0.1) is 0 Å². The number of nitrogens with zero attached hydrogens (tertiary/aromatic N) is 3. The van der Waals surface area contributed by atoms with Gasteiger partial charge in [0.05, 0.1) is 24.0 Å². The molecule has 0 bridgehead atoms. The number of aryl methyl sites for hydroxylation is 2. The van der Waals surface area contributed by atoms with Gasteiger partial charge in [-0.05, 0) is 74.5 Å². The number of hydrogen-bond donors (Lipinski definition) is 0. The molecule has 24 heavy (non-hydrogen) atoms. The number of ketones is 1. The summed E-state index contributed by atoms with van der Waals surface area (Å²) >= 11 is 1.20. The van der Waals surface area contributed by atoms with E-state index < -0.39 is 0 Å². The fraction of sp³-hybridized carbons (Fsp3) is 0.333. The van der Waals surface area contributed by atoms with Crippen molar-refractivity contribution in [1.29, 1.82) is 0 Å². The smallest absolute Gasteiger partial charge is 0.264 e. The molecule has 0 atom stereocenters. The molecule has 124 valence electrons. The van der Waals surface area contributed by atoms with Gasteiger partial charge >= 0.3 is 0 Å². The second-order valence-corrected chi connectivity index (χ2v) is 6.92. The zero-order valence-corrected chi connectivity index (χ0v) is 15.2. The van der Waals surface area contributed by atoms with Crippen LogP contribution in [-0.2, 0) is 6.54 Å². The third-order valence-corrected chi connectivity index (χ3v) is 5.58. The number of benzene rings is 1. The van der Waals surface area contributed by atoms with Gasteiger partial charge in [0.2, 0.25) is 0 Å². The Morgan fingerprint density at radius 3 is 2.54 bits per heavy atom. The molecule has 2 heterocycles. The maximum Gasteiger partial charge on any atom is 0.264 e. The Bertz CT molecular complexity index is 1030. The first-order valence-corrected chi connectivity index (χ1v) is 8.50. The minimum atomic E-state index is -0.210. The molecule has 3 rings (SSSR count). The van der Waals surface area contributed by atoms with Gasteiger partial charge < -0.3 is 0 Å². The molecule has 2 aromatic heterocycles. The van der Waals surface area contributed by atoms with Gasteiger partial charge in [0.1, 0.15) is 0 Å². The minimum absolute atomic E-state index is 0.0140. The molecule has 0 aliphatic heterocycles. The summed E-state index contributed by atoms with van der Waals surface area (Å²) in [7, 11) is 0. The Balaban J connectivity index is 2.04. The first-order chi connectivity index (χ1) is 11.3. The predicted molar refractivity (Wildman–Crippen MR) is 96.1 cm³/mol. The summed E-state index contributed by atoms with van der Waals surface area (Å²) < 4.78 is 5.53. The maximum atomic E-state index is 12.8. The average molecular weight is 341 g/mol. The van der Waals surface area contributed by atoms with Gasteiger partial charge in [-0.25, -0.2) is 4.98 Å². The molecular formula is C18H19N3O2S. The van der Waals surface area contributed by atoms with Gasteiger partial charge in [-0.2, -0.15) is 4.37 Å². The Hall–Kier alpha value is -2.34. The molecule has 6 heteroatoms. The van der Waals surface area contributed by atoms with Crippen LogP contribution in [0, 0.1) is 34.6 Å². The van der Waals surface area contributed by atoms with Gasteiger partial charge in [-0.1, -0.05) is 0 Å². The lowest BCUT2D eigenvalue weighted by atomic mass is 9.92. The highest BCUT2D eigenvalue weighted by molar-refractivity contribution is 7.12. The molecule has 0 N–H and O–H groups in total. The number of hydrogen-bond acceptors (Lipinski definition) is 5. The highest BCUT2D eigenvalue weighted by Crippen LogP contribution is 2.22. The fourth-order valence-corrected chi connectivity index (χ4v) is 3.60. The number of carbonyl (C=O) groups is 1. The van der Waals surface area contributed by atoms with E-state index in [2.05, 4.69) is 16.3 Å². The second-order valence-electron chi connectivity index (χ2n) is 6.16. The Kier molecular flexibility index (Phi) is 4.09. The van der Waals surface area contributed by atoms with Crippen LogP contribution in [0.4, 0.5) is 0 Å². The van der Waals surface area contributed by atoms with E-state index in [1.807, 2.05) is 26.8 Å². The molecule has 0 unspecified atom stereocenters. The molecular weight excluding hydrogens is 322 g/mol. The summed E-state index contributed by atoms with van der Waals surface area (Å²) in [4.78, 5) is 30.2. The van der Waals surface area contributed by atoms with E-state index in [-0.39, 0.29) is 17.9 Å². The van der Waals surface area contributed by atoms with E-state index in [0.29, 0.717) is 21.5 Å². The summed E-state index contributed by atoms with van der Waals surface area (Å²) in [6.45, 7) is 9.80. The second kappa shape index (κ2) is 5.94. The number of Topliss-reactive ketones (excluding diaryl/α,β-unsaturated/α-hetero) is 1. The molecule has 0 fully saturated rings. The third-order valence-electron chi connectivity index (χ3n) is 4.73. The van der Waals surface area contributed by atoms with E-state index in [0.717, 1.165) is 16.7 Å². The Labute approximate surface area is 144 Å². The lowest BCUT2D eigenvalue weighted by molar-refractivity contribution is 0.0970. The van der Waals surface area contributed by atoms with E-state index in [4.69, 9.17) is 0 Å². The summed E-state index contributed by atoms with van der Waals surface area (Å²) in [5.74, 6) is -0.0807. The van der Waals surface area contributed by atoms with Gasteiger partial charge in [0.25, 0.3) is 5.56 Å². The number of aromatic nitrogens is 3. The highest BCUT2D eigenvalue weighted by Gasteiger charge is 2.17. The standard InChI is InChI=1S/C18H19N3O2S/c1-9-6-14(12(4)11(3)10(9)2)15(22)7-21-8-19-17-16(18(21)23)13(5)20-24-17/h6,8H,7H2,1-5H3. The van der Waals surface area contributed by atoms with Crippen LogP contribution in [0.25, 0.3) is 10.2 Å². The van der Waals surface area contributed by atoms with Crippen LogP contribution in [0.5, 0.6) is 0 Å². The van der Waals surface area contributed by atoms with E-state index in [1.165, 1.54) is 28.0 Å². The molecule has 0 radical (unpaired) electrons. The van der Waals surface area contributed by atoms with Crippen molar-refractivity contribution in [1.82, 2.24) is 13.9 Å². The van der Waals surface area contributed by atoms with Crippen molar-refractivity contribution in [3.8, 4) is 0 Å². The van der Waals surface area contributed by atoms with Crippen LogP contribution in [0.2, 0.25) is 0 Å². The maximum absolute atomic E-state index is 12.8. The fourth-order valence-electron chi connectivity index (χ4n) is 2.86. The zero-order chi connectivity index (χ0) is 17.6. The Morgan fingerprint density at radius 1 is 1.12 bits per heavy atom. The minimum Gasteiger partial charge on any atom is -0.292 e. The molecule has 5 nitrogen and oxygen atoms in total. The van der Waals surface area contributed by atoms with Gasteiger partial charge in [0, 0.05) is 5.56 Å². The van der Waals surface area contributed by atoms with Crippen molar-refractivity contribution in [3.05, 3.63) is 56.3 Å². The Morgan fingerprint density at radius 2 is 1.83 bits per heavy atom. The molecule has 0 saturated carbocycles. The van der Waals surface area contributed by atoms with E-state index in [9.17, 15) is 9.59 Å². The molecule has 0 amide bonds. The first kappa shape index (κ1) is 16.5. The van der Waals surface area contributed by atoms with Crippen LogP contribution < -0.4 is 5.56 Å². The van der Waals surface area contributed by atoms with Crippen LogP contribution in [0.15, 0.2) is 17.2 Å². The van der Waals surface area contributed by atoms with Crippen molar-refractivity contribution in [2.45, 2.75) is 41.2 Å². The number of fused-ring (bicyclic) bond motifs is 1. The van der Waals surface area contributed by atoms with Crippen molar-refractivity contribution in [2.75, 3.05) is 0 Å². The monoisotopic (exact) mass is 341 g/mol.